The first kappa shape index (κ1) is 26.8. The number of piperidine rings is 1. The van der Waals surface area contributed by atoms with Crippen LogP contribution in [-0.4, -0.2) is 75.0 Å². The Morgan fingerprint density at radius 2 is 1.69 bits per heavy atom. The first-order valence-electron chi connectivity index (χ1n) is 11.2. The Hall–Kier alpha value is -2.83. The third-order valence-corrected chi connectivity index (χ3v) is 8.12. The van der Waals surface area contributed by atoms with Crippen LogP contribution in [-0.2, 0) is 26.2 Å². The van der Waals surface area contributed by atoms with Crippen LogP contribution in [0.25, 0.3) is 0 Å². The van der Waals surface area contributed by atoms with E-state index in [0.29, 0.717) is 24.4 Å². The Bertz CT molecular complexity index is 1120. The normalized spacial score (nSPS) is 16.6. The monoisotopic (exact) mass is 504 g/mol. The molecule has 35 heavy (non-hydrogen) atoms. The van der Waals surface area contributed by atoms with E-state index in [2.05, 4.69) is 5.32 Å². The number of sulfonamides is 1. The minimum Gasteiger partial charge on any atom is -0.497 e. The maximum Gasteiger partial charge on any atom is 0.257 e. The summed E-state index contributed by atoms with van der Waals surface area (Å²) >= 11 is 0. The van der Waals surface area contributed by atoms with Crippen molar-refractivity contribution in [1.82, 2.24) is 20.0 Å². The molecular formula is C24H32N4O6S. The van der Waals surface area contributed by atoms with Gasteiger partial charge in [0.1, 0.15) is 17.3 Å². The summed E-state index contributed by atoms with van der Waals surface area (Å²) in [6.45, 7) is 0.658. The van der Waals surface area contributed by atoms with E-state index in [9.17, 15) is 23.2 Å². The van der Waals surface area contributed by atoms with E-state index in [1.807, 2.05) is 6.07 Å². The van der Waals surface area contributed by atoms with Crippen molar-refractivity contribution >= 4 is 21.7 Å². The fourth-order valence-electron chi connectivity index (χ4n) is 4.37. The molecule has 10 nitrogen and oxygen atoms in total. The molecule has 1 amide bonds. The van der Waals surface area contributed by atoms with Gasteiger partial charge in [0.05, 0.1) is 12.0 Å². The van der Waals surface area contributed by atoms with E-state index in [-0.39, 0.29) is 24.3 Å². The zero-order chi connectivity index (χ0) is 25.6. The zero-order valence-corrected chi connectivity index (χ0v) is 20.9. The minimum atomic E-state index is -4.21. The van der Waals surface area contributed by atoms with E-state index < -0.39 is 33.3 Å². The maximum absolute atomic E-state index is 14.1. The van der Waals surface area contributed by atoms with Crippen LogP contribution < -0.4 is 15.5 Å². The highest BCUT2D eigenvalue weighted by Crippen LogP contribution is 2.35. The number of hydrogen-bond donors (Lipinski definition) is 3. The summed E-state index contributed by atoms with van der Waals surface area (Å²) < 4.78 is 34.2. The number of nitrogens with one attached hydrogen (secondary N) is 2. The molecule has 0 aromatic heterocycles. The number of carbonyl (C=O) groups is 2. The number of ketones is 1. The fraction of sp³-hybridized carbons (Fsp3) is 0.417. The second kappa shape index (κ2) is 11.3. The van der Waals surface area contributed by atoms with Crippen molar-refractivity contribution in [3.63, 3.8) is 0 Å². The number of hydrogen-bond acceptors (Lipinski definition) is 8. The van der Waals surface area contributed by atoms with Crippen LogP contribution in [0.3, 0.4) is 0 Å². The molecule has 1 saturated heterocycles. The Kier molecular flexibility index (Phi) is 8.62. The van der Waals surface area contributed by atoms with Crippen LogP contribution >= 0.6 is 0 Å². The van der Waals surface area contributed by atoms with Gasteiger partial charge in [-0.1, -0.05) is 30.3 Å². The molecule has 1 aliphatic heterocycles. The lowest BCUT2D eigenvalue weighted by molar-refractivity contribution is -0.154. The quantitative estimate of drug-likeness (QED) is 0.191. The predicted molar refractivity (Wildman–Crippen MR) is 129 cm³/mol. The highest BCUT2D eigenvalue weighted by Gasteiger charge is 2.52. The van der Waals surface area contributed by atoms with Crippen molar-refractivity contribution in [2.24, 2.45) is 5.41 Å². The molecule has 1 fully saturated rings. The van der Waals surface area contributed by atoms with Gasteiger partial charge in [0.15, 0.2) is 5.78 Å². The van der Waals surface area contributed by atoms with E-state index >= 15 is 0 Å². The summed E-state index contributed by atoms with van der Waals surface area (Å²) in [6.07, 6.45) is -1.05. The van der Waals surface area contributed by atoms with Crippen molar-refractivity contribution < 1.29 is 28.0 Å². The second-order valence-electron chi connectivity index (χ2n) is 8.69. The average Bonchev–Trinajstić information content (AvgIpc) is 2.88. The number of rotatable bonds is 10. The molecule has 0 saturated carbocycles. The summed E-state index contributed by atoms with van der Waals surface area (Å²) in [4.78, 5) is 28.4. The Morgan fingerprint density at radius 1 is 1.09 bits per heavy atom. The lowest BCUT2D eigenvalue weighted by Crippen LogP contribution is -2.61. The van der Waals surface area contributed by atoms with Crippen LogP contribution in [0.2, 0.25) is 0 Å². The molecule has 0 spiro atoms. The molecule has 1 heterocycles. The number of likely N-dealkylation sites (N-methyl/N-ethyl adjacent to an activating group) is 1. The molecule has 0 radical (unpaired) electrons. The third kappa shape index (κ3) is 5.54. The summed E-state index contributed by atoms with van der Waals surface area (Å²) in [5.41, 5.74) is 0.726. The number of hydroxylamine groups is 1. The largest absolute Gasteiger partial charge is 0.497 e. The standard InChI is InChI=1S/C24H32N4O6S/c1-27(2)22(21(29)24(23(30)26-31)13-15-25-16-14-24)28(17-18-7-5-4-6-8-18)35(32,33)20-11-9-19(34-3)10-12-20/h4-12,22,25,31H,13-17H2,1-3H3,(H,26,30). The first-order chi connectivity index (χ1) is 16.7. The number of Topliss-reactive ketones (excluding diaryl/α,β-unsaturated/α-hetero) is 1. The molecule has 1 unspecified atom stereocenters. The van der Waals surface area contributed by atoms with Gasteiger partial charge in [-0.2, -0.15) is 4.31 Å². The van der Waals surface area contributed by atoms with Crippen molar-refractivity contribution in [2.45, 2.75) is 30.4 Å². The second-order valence-corrected chi connectivity index (χ2v) is 10.6. The molecule has 3 N–H and O–H groups in total. The zero-order valence-electron chi connectivity index (χ0n) is 20.1. The lowest BCUT2D eigenvalue weighted by Gasteiger charge is -2.41. The Balaban J connectivity index is 2.14. The molecule has 0 aliphatic carbocycles. The van der Waals surface area contributed by atoms with Gasteiger partial charge in [-0.15, -0.1) is 0 Å². The highest BCUT2D eigenvalue weighted by atomic mass is 32.2. The summed E-state index contributed by atoms with van der Waals surface area (Å²) in [7, 11) is 0.463. The predicted octanol–water partition coefficient (Wildman–Crippen LogP) is 1.22. The van der Waals surface area contributed by atoms with Gasteiger partial charge in [-0.3, -0.25) is 19.7 Å². The molecular weight excluding hydrogens is 472 g/mol. The summed E-state index contributed by atoms with van der Waals surface area (Å²) in [5, 5.41) is 12.6. The highest BCUT2D eigenvalue weighted by molar-refractivity contribution is 7.89. The lowest BCUT2D eigenvalue weighted by atomic mass is 9.73. The molecule has 11 heteroatoms. The number of ether oxygens (including phenoxy) is 1. The molecule has 1 aliphatic rings. The Labute approximate surface area is 205 Å². The number of nitrogens with zero attached hydrogens (tertiary/aromatic N) is 2. The maximum atomic E-state index is 14.1. The van der Waals surface area contributed by atoms with Gasteiger partial charge in [0.2, 0.25) is 10.0 Å². The number of methoxy groups -OCH3 is 1. The van der Waals surface area contributed by atoms with Gasteiger partial charge in [0.25, 0.3) is 5.91 Å². The van der Waals surface area contributed by atoms with Crippen LogP contribution in [0, 0.1) is 5.41 Å². The van der Waals surface area contributed by atoms with Gasteiger partial charge >= 0.3 is 0 Å². The smallest absolute Gasteiger partial charge is 0.257 e. The van der Waals surface area contributed by atoms with Crippen LogP contribution in [0.5, 0.6) is 5.75 Å². The fourth-order valence-corrected chi connectivity index (χ4v) is 5.98. The summed E-state index contributed by atoms with van der Waals surface area (Å²) in [5.74, 6) is -0.937. The van der Waals surface area contributed by atoms with Crippen molar-refractivity contribution in [1.29, 1.82) is 0 Å². The molecule has 1 atom stereocenters. The van der Waals surface area contributed by atoms with Gasteiger partial charge in [-0.25, -0.2) is 13.9 Å². The average molecular weight is 505 g/mol. The Morgan fingerprint density at radius 3 is 2.20 bits per heavy atom. The van der Waals surface area contributed by atoms with Crippen molar-refractivity contribution in [3.05, 3.63) is 60.2 Å². The van der Waals surface area contributed by atoms with E-state index in [4.69, 9.17) is 4.74 Å². The van der Waals surface area contributed by atoms with Crippen molar-refractivity contribution in [2.75, 3.05) is 34.3 Å². The molecule has 2 aromatic rings. The molecule has 2 aromatic carbocycles. The SMILES string of the molecule is COc1ccc(S(=O)(=O)N(Cc2ccccc2)C(C(=O)C2(C(=O)NO)CCNCC2)N(C)C)cc1. The summed E-state index contributed by atoms with van der Waals surface area (Å²) in [6, 6.07) is 14.8. The third-order valence-electron chi connectivity index (χ3n) is 6.31. The minimum absolute atomic E-state index is 0.0140. The number of carbonyl (C=O) groups excluding carboxylic acids is 2. The van der Waals surface area contributed by atoms with E-state index in [1.165, 1.54) is 36.3 Å². The number of amides is 1. The number of benzene rings is 2. The van der Waals surface area contributed by atoms with Crippen LogP contribution in [0.4, 0.5) is 0 Å². The molecule has 190 valence electrons. The topological polar surface area (TPSA) is 128 Å². The first-order valence-corrected chi connectivity index (χ1v) is 12.7. The van der Waals surface area contributed by atoms with E-state index in [1.54, 1.807) is 43.8 Å². The van der Waals surface area contributed by atoms with E-state index in [0.717, 1.165) is 4.31 Å². The van der Waals surface area contributed by atoms with Crippen molar-refractivity contribution in [3.8, 4) is 5.75 Å². The van der Waals surface area contributed by atoms with Gasteiger partial charge in [-0.05, 0) is 69.9 Å². The molecule has 3 rings (SSSR count). The van der Waals surface area contributed by atoms with Crippen LogP contribution in [0.1, 0.15) is 18.4 Å². The van der Waals surface area contributed by atoms with Gasteiger partial charge in [0, 0.05) is 6.54 Å². The van der Waals surface area contributed by atoms with Crippen LogP contribution in [0.15, 0.2) is 59.5 Å². The van der Waals surface area contributed by atoms with Gasteiger partial charge < -0.3 is 10.1 Å². The molecule has 0 bridgehead atoms.